The van der Waals surface area contributed by atoms with Gasteiger partial charge in [0.25, 0.3) is 0 Å². The minimum absolute atomic E-state index is 0.0266. The minimum Gasteiger partial charge on any atom is -0.455 e. The van der Waals surface area contributed by atoms with E-state index >= 15 is 4.79 Å². The number of nitrogens with two attached hydrogens (primary N) is 2. The van der Waals surface area contributed by atoms with Gasteiger partial charge in [-0.25, -0.2) is 19.2 Å². The van der Waals surface area contributed by atoms with Gasteiger partial charge in [0.1, 0.15) is 35.6 Å². The molecular weight excluding hydrogens is 883 g/mol. The second-order valence-electron chi connectivity index (χ2n) is 19.9. The van der Waals surface area contributed by atoms with Crippen molar-refractivity contribution in [3.05, 3.63) is 47.0 Å². The van der Waals surface area contributed by atoms with Crippen LogP contribution in [0.25, 0.3) is 0 Å². The number of rotatable bonds is 14. The fourth-order valence-electron chi connectivity index (χ4n) is 10.2. The van der Waals surface area contributed by atoms with Gasteiger partial charge >= 0.3 is 35.9 Å². The molecule has 0 radical (unpaired) electrons. The third-order valence-electron chi connectivity index (χ3n) is 13.9. The minimum atomic E-state index is -2.47. The van der Waals surface area contributed by atoms with Crippen LogP contribution in [-0.2, 0) is 61.9 Å². The van der Waals surface area contributed by atoms with Crippen molar-refractivity contribution < 1.29 is 86.8 Å². The second-order valence-corrected chi connectivity index (χ2v) is 19.9. The fraction of sp³-hybridized carbons (Fsp3) is 0.652. The van der Waals surface area contributed by atoms with Gasteiger partial charge in [-0.3, -0.25) is 19.2 Å². The SMILES string of the molecule is CC(=O)O[C@@]12CO[C@@H]1C[C@H](O)[C@@]1(C)C(=O)[C@H](O)C3=C(C)[C@@H](OC(=O)[C@H](OC(=O)COC(=O)C[C@H](N)C(N)=O)[C@@H](NC(=O)OC(C)(C)C)C4CC4)C[C@@](O)([C@@H](OC(=O)c4ccccc4)C12)C3(C)C. The molecule has 368 valence electrons. The maximum Gasteiger partial charge on any atom is 0.408 e. The van der Waals surface area contributed by atoms with Crippen molar-refractivity contribution in [3.63, 3.8) is 0 Å². The van der Waals surface area contributed by atoms with E-state index in [-0.39, 0.29) is 29.7 Å². The molecule has 4 fully saturated rings. The van der Waals surface area contributed by atoms with Gasteiger partial charge in [0.2, 0.25) is 12.0 Å². The van der Waals surface area contributed by atoms with Crippen LogP contribution in [0.15, 0.2) is 41.5 Å². The van der Waals surface area contributed by atoms with Crippen molar-refractivity contribution in [1.29, 1.82) is 0 Å². The van der Waals surface area contributed by atoms with E-state index in [1.54, 1.807) is 39.0 Å². The van der Waals surface area contributed by atoms with Gasteiger partial charge in [0.15, 0.2) is 18.0 Å². The predicted molar refractivity (Wildman–Crippen MR) is 228 cm³/mol. The van der Waals surface area contributed by atoms with E-state index in [9.17, 15) is 48.9 Å². The van der Waals surface area contributed by atoms with Gasteiger partial charge < -0.3 is 65.3 Å². The summed E-state index contributed by atoms with van der Waals surface area (Å²) >= 11 is 0. The van der Waals surface area contributed by atoms with Gasteiger partial charge in [0.05, 0.1) is 48.1 Å². The number of fused-ring (bicyclic) bond motifs is 5. The first-order valence-electron chi connectivity index (χ1n) is 22.1. The molecule has 12 atom stereocenters. The summed E-state index contributed by atoms with van der Waals surface area (Å²) in [6.07, 6.45) is -11.9. The lowest BCUT2D eigenvalue weighted by Crippen LogP contribution is -2.81. The Balaban J connectivity index is 1.45. The largest absolute Gasteiger partial charge is 0.455 e. The van der Waals surface area contributed by atoms with Crippen LogP contribution in [0.4, 0.5) is 4.79 Å². The van der Waals surface area contributed by atoms with Crippen LogP contribution in [-0.4, -0.2) is 142 Å². The molecule has 1 unspecified atom stereocenters. The number of aliphatic hydroxyl groups excluding tert-OH is 2. The number of primary amides is 1. The number of Topliss-reactive ketones (excluding diaryl/α,β-unsaturated/α-hetero) is 1. The molecule has 8 N–H and O–H groups in total. The molecule has 0 spiro atoms. The van der Waals surface area contributed by atoms with E-state index in [0.717, 1.165) is 6.92 Å². The number of hydrogen-bond acceptors (Lipinski definition) is 19. The van der Waals surface area contributed by atoms with E-state index < -0.39 is 155 Å². The second kappa shape index (κ2) is 18.5. The molecule has 2 bridgehead atoms. The van der Waals surface area contributed by atoms with Crippen LogP contribution < -0.4 is 16.8 Å². The number of nitrogens with one attached hydrogen (secondary N) is 1. The maximum atomic E-state index is 15.1. The van der Waals surface area contributed by atoms with Gasteiger partial charge in [-0.05, 0) is 76.7 Å². The summed E-state index contributed by atoms with van der Waals surface area (Å²) in [6, 6.07) is 4.95. The average Bonchev–Trinajstić information content (AvgIpc) is 4.08. The Bertz CT molecular complexity index is 2200. The van der Waals surface area contributed by atoms with Crippen molar-refractivity contribution in [3.8, 4) is 0 Å². The van der Waals surface area contributed by atoms with E-state index in [1.807, 2.05) is 0 Å². The lowest BCUT2D eigenvalue weighted by molar-refractivity contribution is -0.346. The number of ketones is 1. The van der Waals surface area contributed by atoms with Crippen molar-refractivity contribution in [1.82, 2.24) is 5.32 Å². The van der Waals surface area contributed by atoms with E-state index in [0.29, 0.717) is 12.8 Å². The topological polar surface area (TPSA) is 326 Å². The first-order valence-corrected chi connectivity index (χ1v) is 22.1. The summed E-state index contributed by atoms with van der Waals surface area (Å²) in [7, 11) is 0. The Morgan fingerprint density at radius 1 is 0.985 bits per heavy atom. The molecule has 1 aromatic rings. The first kappa shape index (κ1) is 50.9. The molecule has 4 aliphatic carbocycles. The van der Waals surface area contributed by atoms with Gasteiger partial charge in [-0.1, -0.05) is 32.0 Å². The Hall–Kier alpha value is -5.48. The van der Waals surface area contributed by atoms with Crippen LogP contribution >= 0.6 is 0 Å². The highest BCUT2D eigenvalue weighted by atomic mass is 16.6. The molecule has 3 saturated carbocycles. The Labute approximate surface area is 386 Å². The van der Waals surface area contributed by atoms with Crippen molar-refractivity contribution >= 4 is 47.6 Å². The number of amides is 2. The molecule has 1 aromatic carbocycles. The zero-order chi connectivity index (χ0) is 49.8. The molecule has 5 aliphatic rings. The summed E-state index contributed by atoms with van der Waals surface area (Å²) in [5.74, 6) is -9.55. The zero-order valence-electron chi connectivity index (χ0n) is 38.7. The van der Waals surface area contributed by atoms with Crippen molar-refractivity contribution in [2.75, 3.05) is 13.2 Å². The molecule has 6 rings (SSSR count). The van der Waals surface area contributed by atoms with Crippen LogP contribution in [0, 0.1) is 22.7 Å². The van der Waals surface area contributed by atoms with Gasteiger partial charge in [0, 0.05) is 25.2 Å². The number of carbonyl (C=O) groups is 8. The van der Waals surface area contributed by atoms with Crippen molar-refractivity contribution in [2.45, 2.75) is 153 Å². The number of carbonyl (C=O) groups excluding carboxylic acids is 8. The molecule has 1 heterocycles. The lowest BCUT2D eigenvalue weighted by Gasteiger charge is -2.67. The highest BCUT2D eigenvalue weighted by Crippen LogP contribution is 2.64. The van der Waals surface area contributed by atoms with E-state index in [2.05, 4.69) is 5.32 Å². The molecule has 21 heteroatoms. The molecule has 1 aliphatic heterocycles. The Morgan fingerprint density at radius 3 is 2.18 bits per heavy atom. The average molecular weight is 944 g/mol. The van der Waals surface area contributed by atoms with Gasteiger partial charge in [-0.15, -0.1) is 0 Å². The monoisotopic (exact) mass is 943 g/mol. The number of esters is 5. The normalized spacial score (nSPS) is 32.1. The molecule has 67 heavy (non-hydrogen) atoms. The number of aliphatic hydroxyl groups is 3. The first-order chi connectivity index (χ1) is 31.1. The standard InChI is InChI=1S/C46H61N3O18/c1-21-26(63-40(58)34(32(23-14-15-23)49-41(59)67-42(3,4)5)64-30(53)19-61-29(52)16-25(47)38(48)56)18-46(60)37(65-39(57)24-12-10-9-11-13-24)35-44(8,36(55)33(54)31(21)43(46,6)7)27(51)17-28-45(35,20-62-28)66-22(2)50/h9-13,23,25-28,32-35,37,51,54,60H,14-20,47H2,1-8H3,(H2,48,56)(H,49,59)/t25-,26-,27-,28+,32-,33+,34+,35?,37-,44+,45-,46+/m0/s1. The molecule has 1 saturated heterocycles. The number of benzene rings is 1. The highest BCUT2D eigenvalue weighted by Gasteiger charge is 2.78. The Morgan fingerprint density at radius 2 is 1.63 bits per heavy atom. The van der Waals surface area contributed by atoms with Crippen molar-refractivity contribution in [2.24, 2.45) is 34.1 Å². The lowest BCUT2D eigenvalue weighted by atomic mass is 9.44. The molecule has 2 amide bonds. The number of ether oxygens (including phenoxy) is 7. The van der Waals surface area contributed by atoms with E-state index in [1.165, 1.54) is 39.8 Å². The Kier molecular flexibility index (Phi) is 14.1. The third-order valence-corrected chi connectivity index (χ3v) is 13.9. The predicted octanol–water partition coefficient (Wildman–Crippen LogP) is 0.594. The summed E-state index contributed by atoms with van der Waals surface area (Å²) < 4.78 is 40.3. The summed E-state index contributed by atoms with van der Waals surface area (Å²) in [5.41, 5.74) is 1.50. The maximum absolute atomic E-state index is 15.1. The summed E-state index contributed by atoms with van der Waals surface area (Å²) in [4.78, 5) is 107. The van der Waals surface area contributed by atoms with Gasteiger partial charge in [-0.2, -0.15) is 0 Å². The van der Waals surface area contributed by atoms with Crippen LogP contribution in [0.1, 0.15) is 97.9 Å². The quantitative estimate of drug-likeness (QED) is 0.0845. The third kappa shape index (κ3) is 9.65. The smallest absolute Gasteiger partial charge is 0.408 e. The highest BCUT2D eigenvalue weighted by molar-refractivity contribution is 5.94. The van der Waals surface area contributed by atoms with E-state index in [4.69, 9.17) is 44.6 Å². The zero-order valence-corrected chi connectivity index (χ0v) is 38.7. The van der Waals surface area contributed by atoms with Crippen LogP contribution in [0.5, 0.6) is 0 Å². The fourth-order valence-corrected chi connectivity index (χ4v) is 10.2. The van der Waals surface area contributed by atoms with Crippen LogP contribution in [0.2, 0.25) is 0 Å². The molecule has 0 aromatic heterocycles. The summed E-state index contributed by atoms with van der Waals surface area (Å²) in [6.45, 7) is 10.3. The summed E-state index contributed by atoms with van der Waals surface area (Å²) in [5, 5.41) is 40.4. The molecular formula is C46H61N3O18. The van der Waals surface area contributed by atoms with Crippen LogP contribution in [0.3, 0.4) is 0 Å². The molecule has 21 nitrogen and oxygen atoms in total. The number of alkyl carbamates (subject to hydrolysis) is 1. The number of hydrogen-bond donors (Lipinski definition) is 6.